The predicted octanol–water partition coefficient (Wildman–Crippen LogP) is 3.05. The van der Waals surface area contributed by atoms with Gasteiger partial charge in [-0.25, -0.2) is 0 Å². The normalized spacial score (nSPS) is 22.7. The smallest absolute Gasteiger partial charge is 0.227 e. The number of benzene rings is 1. The highest BCUT2D eigenvalue weighted by molar-refractivity contribution is 5.94. The number of nitrogens with zero attached hydrogens (tertiary/aromatic N) is 3. The van der Waals surface area contributed by atoms with Crippen LogP contribution < -0.4 is 11.1 Å². The highest BCUT2D eigenvalue weighted by Crippen LogP contribution is 2.29. The Morgan fingerprint density at radius 3 is 2.92 bits per heavy atom. The summed E-state index contributed by atoms with van der Waals surface area (Å²) in [5.74, 6) is 2.08. The summed E-state index contributed by atoms with van der Waals surface area (Å²) in [7, 11) is 0. The van der Waals surface area contributed by atoms with Crippen LogP contribution in [0.1, 0.15) is 49.9 Å². The number of nitrogens with one attached hydrogen (secondary N) is 1. The summed E-state index contributed by atoms with van der Waals surface area (Å²) >= 11 is 0. The number of rotatable bonds is 3. The number of fused-ring (bicyclic) bond motifs is 1. The molecule has 3 N–H and O–H groups in total. The second kappa shape index (κ2) is 7.19. The first-order valence-electron chi connectivity index (χ1n) is 9.71. The molecule has 2 aliphatic rings. The Morgan fingerprint density at radius 1 is 1.23 bits per heavy atom. The minimum absolute atomic E-state index is 0.0254. The van der Waals surface area contributed by atoms with E-state index < -0.39 is 0 Å². The lowest BCUT2D eigenvalue weighted by Crippen LogP contribution is -2.23. The Bertz CT molecular complexity index is 813. The number of hydrogen-bond donors (Lipinski definition) is 2. The van der Waals surface area contributed by atoms with Gasteiger partial charge >= 0.3 is 0 Å². The molecule has 1 saturated carbocycles. The number of hydrogen-bond acceptors (Lipinski definition) is 4. The molecule has 1 aliphatic carbocycles. The summed E-state index contributed by atoms with van der Waals surface area (Å²) in [4.78, 5) is 12.6. The molecule has 0 radical (unpaired) electrons. The molecule has 0 saturated heterocycles. The van der Waals surface area contributed by atoms with Crippen LogP contribution in [0.3, 0.4) is 0 Å². The molecule has 1 amide bonds. The summed E-state index contributed by atoms with van der Waals surface area (Å²) in [5, 5.41) is 11.9. The Kier molecular flexibility index (Phi) is 4.76. The zero-order valence-corrected chi connectivity index (χ0v) is 15.4. The second-order valence-corrected chi connectivity index (χ2v) is 7.69. The first-order valence-corrected chi connectivity index (χ1v) is 9.71. The zero-order valence-electron chi connectivity index (χ0n) is 15.4. The van der Waals surface area contributed by atoms with Crippen molar-refractivity contribution in [2.24, 2.45) is 11.7 Å². The SMILES string of the molecule is Cc1ccc(-c2nnc3n2CCCCC3)cc1NC(=O)C1CCC(N)C1. The van der Waals surface area contributed by atoms with E-state index >= 15 is 0 Å². The van der Waals surface area contributed by atoms with Gasteiger partial charge < -0.3 is 15.6 Å². The van der Waals surface area contributed by atoms with Crippen molar-refractivity contribution < 1.29 is 4.79 Å². The Hall–Kier alpha value is -2.21. The number of anilines is 1. The molecule has 2 atom stereocenters. The largest absolute Gasteiger partial charge is 0.328 e. The van der Waals surface area contributed by atoms with Gasteiger partial charge in [0.25, 0.3) is 0 Å². The maximum Gasteiger partial charge on any atom is 0.227 e. The summed E-state index contributed by atoms with van der Waals surface area (Å²) < 4.78 is 2.24. The molecule has 1 aliphatic heterocycles. The van der Waals surface area contributed by atoms with Gasteiger partial charge in [-0.3, -0.25) is 4.79 Å². The number of nitrogens with two attached hydrogens (primary N) is 1. The fourth-order valence-corrected chi connectivity index (χ4v) is 4.08. The van der Waals surface area contributed by atoms with Crippen molar-refractivity contribution in [2.45, 2.75) is 64.5 Å². The van der Waals surface area contributed by atoms with Crippen LogP contribution in [0.2, 0.25) is 0 Å². The van der Waals surface area contributed by atoms with Gasteiger partial charge in [-0.05, 0) is 50.7 Å². The zero-order chi connectivity index (χ0) is 18.1. The predicted molar refractivity (Wildman–Crippen MR) is 102 cm³/mol. The van der Waals surface area contributed by atoms with E-state index in [4.69, 9.17) is 5.73 Å². The molecule has 1 fully saturated rings. The molecule has 138 valence electrons. The van der Waals surface area contributed by atoms with Crippen molar-refractivity contribution in [2.75, 3.05) is 5.32 Å². The lowest BCUT2D eigenvalue weighted by atomic mass is 10.1. The third-order valence-corrected chi connectivity index (χ3v) is 5.71. The molecule has 6 heteroatoms. The number of aromatic nitrogens is 3. The van der Waals surface area contributed by atoms with Crippen LogP contribution in [0.4, 0.5) is 5.69 Å². The van der Waals surface area contributed by atoms with Gasteiger partial charge in [-0.15, -0.1) is 10.2 Å². The van der Waals surface area contributed by atoms with E-state index in [0.29, 0.717) is 0 Å². The molecule has 2 aromatic rings. The van der Waals surface area contributed by atoms with E-state index in [0.717, 1.165) is 67.1 Å². The third-order valence-electron chi connectivity index (χ3n) is 5.71. The molecule has 2 unspecified atom stereocenters. The molecule has 1 aromatic heterocycles. The van der Waals surface area contributed by atoms with Crippen molar-refractivity contribution in [1.82, 2.24) is 14.8 Å². The van der Waals surface area contributed by atoms with Crippen molar-refractivity contribution >= 4 is 11.6 Å². The molecule has 26 heavy (non-hydrogen) atoms. The van der Waals surface area contributed by atoms with Crippen LogP contribution in [0, 0.1) is 12.8 Å². The summed E-state index contributed by atoms with van der Waals surface area (Å²) in [5.41, 5.74) is 8.88. The van der Waals surface area contributed by atoms with E-state index in [9.17, 15) is 4.79 Å². The van der Waals surface area contributed by atoms with Gasteiger partial charge in [0.05, 0.1) is 0 Å². The van der Waals surface area contributed by atoms with E-state index in [-0.39, 0.29) is 17.9 Å². The number of aryl methyl sites for hydroxylation is 2. The van der Waals surface area contributed by atoms with Crippen LogP contribution >= 0.6 is 0 Å². The topological polar surface area (TPSA) is 85.8 Å². The lowest BCUT2D eigenvalue weighted by Gasteiger charge is -2.14. The molecule has 6 nitrogen and oxygen atoms in total. The average Bonchev–Trinajstić information content (AvgIpc) is 3.17. The van der Waals surface area contributed by atoms with Gasteiger partial charge in [0.1, 0.15) is 5.82 Å². The molecule has 1 aromatic carbocycles. The maximum atomic E-state index is 12.6. The summed E-state index contributed by atoms with van der Waals surface area (Å²) in [6, 6.07) is 6.30. The second-order valence-electron chi connectivity index (χ2n) is 7.69. The van der Waals surface area contributed by atoms with E-state index in [1.165, 1.54) is 12.8 Å². The van der Waals surface area contributed by atoms with Crippen molar-refractivity contribution in [1.29, 1.82) is 0 Å². The van der Waals surface area contributed by atoms with Crippen LogP contribution in [0.15, 0.2) is 18.2 Å². The Labute approximate surface area is 154 Å². The van der Waals surface area contributed by atoms with Crippen LogP contribution in [-0.4, -0.2) is 26.7 Å². The maximum absolute atomic E-state index is 12.6. The minimum atomic E-state index is 0.0254. The highest BCUT2D eigenvalue weighted by Gasteiger charge is 2.28. The Morgan fingerprint density at radius 2 is 2.12 bits per heavy atom. The van der Waals surface area contributed by atoms with Gasteiger partial charge in [-0.1, -0.05) is 18.6 Å². The fraction of sp³-hybridized carbons (Fsp3) is 0.550. The monoisotopic (exact) mass is 353 g/mol. The van der Waals surface area contributed by atoms with Gasteiger partial charge in [-0.2, -0.15) is 0 Å². The van der Waals surface area contributed by atoms with E-state index in [1.54, 1.807) is 0 Å². The standard InChI is InChI=1S/C20H27N5O/c1-13-6-7-14(19-24-23-18-5-3-2-4-10-25(18)19)12-17(13)22-20(26)15-8-9-16(21)11-15/h6-7,12,15-16H,2-5,8-11,21H2,1H3,(H,22,26). The van der Waals surface area contributed by atoms with E-state index in [2.05, 4.69) is 26.1 Å². The third kappa shape index (κ3) is 3.38. The van der Waals surface area contributed by atoms with Gasteiger partial charge in [0.15, 0.2) is 5.82 Å². The average molecular weight is 353 g/mol. The molecule has 4 rings (SSSR count). The quantitative estimate of drug-likeness (QED) is 0.888. The number of carbonyl (C=O) groups excluding carboxylic acids is 1. The van der Waals surface area contributed by atoms with Crippen LogP contribution in [0.25, 0.3) is 11.4 Å². The van der Waals surface area contributed by atoms with Gasteiger partial charge in [0.2, 0.25) is 5.91 Å². The summed E-state index contributed by atoms with van der Waals surface area (Å²) in [6.45, 7) is 2.98. The fourth-order valence-electron chi connectivity index (χ4n) is 4.08. The van der Waals surface area contributed by atoms with Crippen LogP contribution in [-0.2, 0) is 17.8 Å². The molecule has 0 spiro atoms. The molecule has 0 bridgehead atoms. The lowest BCUT2D eigenvalue weighted by molar-refractivity contribution is -0.119. The van der Waals surface area contributed by atoms with E-state index in [1.807, 2.05) is 19.1 Å². The number of amides is 1. The number of carbonyl (C=O) groups is 1. The minimum Gasteiger partial charge on any atom is -0.328 e. The molecule has 2 heterocycles. The van der Waals surface area contributed by atoms with Crippen LogP contribution in [0.5, 0.6) is 0 Å². The molecular formula is C20H27N5O. The van der Waals surface area contributed by atoms with Crippen molar-refractivity contribution in [3.63, 3.8) is 0 Å². The first-order chi connectivity index (χ1) is 12.6. The summed E-state index contributed by atoms with van der Waals surface area (Å²) in [6.07, 6.45) is 7.16. The highest BCUT2D eigenvalue weighted by atomic mass is 16.1. The van der Waals surface area contributed by atoms with Crippen molar-refractivity contribution in [3.05, 3.63) is 29.6 Å². The Balaban J connectivity index is 1.59. The molecular weight excluding hydrogens is 326 g/mol. The first kappa shape index (κ1) is 17.2. The van der Waals surface area contributed by atoms with Gasteiger partial charge in [0, 0.05) is 36.2 Å². The van der Waals surface area contributed by atoms with Crippen molar-refractivity contribution in [3.8, 4) is 11.4 Å².